The molecule has 0 aromatic heterocycles. The summed E-state index contributed by atoms with van der Waals surface area (Å²) in [6, 6.07) is 0.0897. The molecule has 1 heterocycles. The Labute approximate surface area is 105 Å². The van der Waals surface area contributed by atoms with Crippen LogP contribution in [0.25, 0.3) is 0 Å². The van der Waals surface area contributed by atoms with Crippen LogP contribution in [0.1, 0.15) is 40.0 Å². The van der Waals surface area contributed by atoms with Crippen LogP contribution < -0.4 is 11.1 Å². The van der Waals surface area contributed by atoms with E-state index in [2.05, 4.69) is 24.1 Å². The van der Waals surface area contributed by atoms with Gasteiger partial charge in [0.2, 0.25) is 5.91 Å². The molecule has 1 saturated heterocycles. The average molecular weight is 241 g/mol. The lowest BCUT2D eigenvalue weighted by atomic mass is 10.0. The number of likely N-dealkylation sites (tertiary alicyclic amines) is 1. The van der Waals surface area contributed by atoms with Gasteiger partial charge < -0.3 is 11.1 Å². The third-order valence-corrected chi connectivity index (χ3v) is 3.64. The summed E-state index contributed by atoms with van der Waals surface area (Å²) in [6.07, 6.45) is 3.26. The summed E-state index contributed by atoms with van der Waals surface area (Å²) in [4.78, 5) is 14.1. The highest BCUT2D eigenvalue weighted by atomic mass is 16.2. The van der Waals surface area contributed by atoms with Gasteiger partial charge in [-0.3, -0.25) is 9.69 Å². The zero-order valence-electron chi connectivity index (χ0n) is 11.4. The van der Waals surface area contributed by atoms with Crippen molar-refractivity contribution in [3.05, 3.63) is 0 Å². The minimum absolute atomic E-state index is 0.0163. The molecule has 1 aliphatic rings. The number of hydrogen-bond donors (Lipinski definition) is 2. The van der Waals surface area contributed by atoms with E-state index in [1.54, 1.807) is 0 Å². The number of carbonyl (C=O) groups excluding carboxylic acids is 1. The normalized spacial score (nSPS) is 20.5. The third-order valence-electron chi connectivity index (χ3n) is 3.64. The van der Waals surface area contributed by atoms with Crippen molar-refractivity contribution in [3.63, 3.8) is 0 Å². The van der Waals surface area contributed by atoms with Crippen molar-refractivity contribution in [2.45, 2.75) is 52.1 Å². The van der Waals surface area contributed by atoms with E-state index in [1.807, 2.05) is 6.92 Å². The van der Waals surface area contributed by atoms with Crippen molar-refractivity contribution in [1.82, 2.24) is 10.2 Å². The highest BCUT2D eigenvalue weighted by Crippen LogP contribution is 2.17. The topological polar surface area (TPSA) is 58.4 Å². The lowest BCUT2D eigenvalue weighted by Gasteiger charge is -2.31. The fourth-order valence-electron chi connectivity index (χ4n) is 2.38. The summed E-state index contributed by atoms with van der Waals surface area (Å²) >= 11 is 0. The van der Waals surface area contributed by atoms with Crippen molar-refractivity contribution in [3.8, 4) is 0 Å². The predicted octanol–water partition coefficient (Wildman–Crippen LogP) is 0.960. The molecule has 0 radical (unpaired) electrons. The number of carbonyl (C=O) groups is 1. The minimum Gasteiger partial charge on any atom is -0.353 e. The maximum absolute atomic E-state index is 11.7. The Hall–Kier alpha value is -0.610. The fraction of sp³-hybridized carbons (Fsp3) is 0.923. The second-order valence-corrected chi connectivity index (χ2v) is 5.31. The maximum Gasteiger partial charge on any atom is 0.236 e. The van der Waals surface area contributed by atoms with Crippen LogP contribution in [0.4, 0.5) is 0 Å². The highest BCUT2D eigenvalue weighted by Gasteiger charge is 2.25. The molecular formula is C13H27N3O. The molecule has 0 bridgehead atoms. The molecule has 0 spiro atoms. The first-order chi connectivity index (χ1) is 8.06. The van der Waals surface area contributed by atoms with Crippen LogP contribution in [0.15, 0.2) is 0 Å². The molecule has 0 aromatic carbocycles. The van der Waals surface area contributed by atoms with Gasteiger partial charge in [0.15, 0.2) is 0 Å². The Balaban J connectivity index is 2.41. The number of hydrogen-bond acceptors (Lipinski definition) is 3. The van der Waals surface area contributed by atoms with Gasteiger partial charge in [-0.15, -0.1) is 0 Å². The quantitative estimate of drug-likeness (QED) is 0.728. The number of nitrogens with zero attached hydrogens (tertiary/aromatic N) is 1. The molecule has 2 atom stereocenters. The van der Waals surface area contributed by atoms with Gasteiger partial charge in [0.25, 0.3) is 0 Å². The van der Waals surface area contributed by atoms with Crippen LogP contribution in [-0.4, -0.2) is 42.5 Å². The third kappa shape index (κ3) is 4.28. The Morgan fingerprint density at radius 2 is 1.94 bits per heavy atom. The Kier molecular flexibility index (Phi) is 5.92. The van der Waals surface area contributed by atoms with Gasteiger partial charge in [-0.1, -0.05) is 20.8 Å². The SMILES string of the molecule is CC[C@@H](N)C(=O)NCC(C(C)C)N1CCCC1. The Morgan fingerprint density at radius 3 is 2.41 bits per heavy atom. The maximum atomic E-state index is 11.7. The Morgan fingerprint density at radius 1 is 1.35 bits per heavy atom. The van der Waals surface area contributed by atoms with Crippen molar-refractivity contribution in [2.75, 3.05) is 19.6 Å². The molecule has 1 rings (SSSR count). The second kappa shape index (κ2) is 6.97. The summed E-state index contributed by atoms with van der Waals surface area (Å²) in [7, 11) is 0. The zero-order chi connectivity index (χ0) is 12.8. The molecule has 1 amide bonds. The lowest BCUT2D eigenvalue weighted by Crippen LogP contribution is -2.49. The van der Waals surface area contributed by atoms with Crippen LogP contribution in [0.3, 0.4) is 0 Å². The molecule has 0 saturated carbocycles. The van der Waals surface area contributed by atoms with E-state index in [4.69, 9.17) is 5.73 Å². The van der Waals surface area contributed by atoms with Gasteiger partial charge in [0, 0.05) is 12.6 Å². The fourth-order valence-corrected chi connectivity index (χ4v) is 2.38. The van der Waals surface area contributed by atoms with E-state index in [-0.39, 0.29) is 11.9 Å². The molecule has 1 unspecified atom stereocenters. The van der Waals surface area contributed by atoms with Gasteiger partial charge in [0.1, 0.15) is 0 Å². The monoisotopic (exact) mass is 241 g/mol. The number of nitrogens with two attached hydrogens (primary N) is 1. The van der Waals surface area contributed by atoms with Gasteiger partial charge in [-0.2, -0.15) is 0 Å². The molecule has 17 heavy (non-hydrogen) atoms. The van der Waals surface area contributed by atoms with E-state index < -0.39 is 0 Å². The number of nitrogens with one attached hydrogen (secondary N) is 1. The molecule has 0 aliphatic carbocycles. The average Bonchev–Trinajstić information content (AvgIpc) is 2.81. The van der Waals surface area contributed by atoms with Crippen LogP contribution >= 0.6 is 0 Å². The molecule has 1 aliphatic heterocycles. The van der Waals surface area contributed by atoms with E-state index >= 15 is 0 Å². The lowest BCUT2D eigenvalue weighted by molar-refractivity contribution is -0.122. The van der Waals surface area contributed by atoms with Crippen LogP contribution in [0.5, 0.6) is 0 Å². The first-order valence-corrected chi connectivity index (χ1v) is 6.83. The zero-order valence-corrected chi connectivity index (χ0v) is 11.4. The molecule has 4 nitrogen and oxygen atoms in total. The van der Waals surface area contributed by atoms with E-state index in [0.29, 0.717) is 18.4 Å². The Bertz CT molecular complexity index is 237. The van der Waals surface area contributed by atoms with Crippen LogP contribution in [0, 0.1) is 5.92 Å². The summed E-state index contributed by atoms with van der Waals surface area (Å²) in [6.45, 7) is 9.43. The largest absolute Gasteiger partial charge is 0.353 e. The van der Waals surface area contributed by atoms with E-state index in [1.165, 1.54) is 25.9 Å². The van der Waals surface area contributed by atoms with Crippen LogP contribution in [-0.2, 0) is 4.79 Å². The minimum atomic E-state index is -0.360. The van der Waals surface area contributed by atoms with Crippen molar-refractivity contribution in [2.24, 2.45) is 11.7 Å². The van der Waals surface area contributed by atoms with Crippen molar-refractivity contribution in [1.29, 1.82) is 0 Å². The van der Waals surface area contributed by atoms with Crippen molar-refractivity contribution < 1.29 is 4.79 Å². The van der Waals surface area contributed by atoms with Gasteiger partial charge >= 0.3 is 0 Å². The predicted molar refractivity (Wildman–Crippen MR) is 70.7 cm³/mol. The first kappa shape index (κ1) is 14.5. The summed E-state index contributed by atoms with van der Waals surface area (Å²) in [5.74, 6) is 0.545. The first-order valence-electron chi connectivity index (χ1n) is 6.83. The summed E-state index contributed by atoms with van der Waals surface area (Å²) < 4.78 is 0. The number of rotatable bonds is 6. The van der Waals surface area contributed by atoms with E-state index in [0.717, 1.165) is 6.54 Å². The second-order valence-electron chi connectivity index (χ2n) is 5.31. The van der Waals surface area contributed by atoms with Crippen LogP contribution in [0.2, 0.25) is 0 Å². The van der Waals surface area contributed by atoms with Gasteiger partial charge in [-0.05, 0) is 38.3 Å². The summed E-state index contributed by atoms with van der Waals surface area (Å²) in [5, 5.41) is 2.99. The molecule has 1 fully saturated rings. The van der Waals surface area contributed by atoms with E-state index in [9.17, 15) is 4.79 Å². The smallest absolute Gasteiger partial charge is 0.236 e. The molecular weight excluding hydrogens is 214 g/mol. The molecule has 4 heteroatoms. The van der Waals surface area contributed by atoms with Gasteiger partial charge in [-0.25, -0.2) is 0 Å². The molecule has 100 valence electrons. The number of amides is 1. The summed E-state index contributed by atoms with van der Waals surface area (Å²) in [5.41, 5.74) is 5.71. The van der Waals surface area contributed by atoms with Crippen molar-refractivity contribution >= 4 is 5.91 Å². The van der Waals surface area contributed by atoms with Gasteiger partial charge in [0.05, 0.1) is 6.04 Å². The highest BCUT2D eigenvalue weighted by molar-refractivity contribution is 5.81. The molecule has 3 N–H and O–H groups in total. The molecule has 0 aromatic rings. The standard InChI is InChI=1S/C13H27N3O/c1-4-11(14)13(17)15-9-12(10(2)3)16-7-5-6-8-16/h10-12H,4-9,14H2,1-3H3,(H,15,17)/t11-,12?/m1/s1.